The second-order valence-corrected chi connectivity index (χ2v) is 6.14. The second-order valence-electron chi connectivity index (χ2n) is 4.53. The highest BCUT2D eigenvalue weighted by Crippen LogP contribution is 2.12. The molecule has 0 fully saturated rings. The second kappa shape index (κ2) is 6.06. The molecule has 20 heavy (non-hydrogen) atoms. The van der Waals surface area contributed by atoms with Gasteiger partial charge in [0.15, 0.2) is 0 Å². The first-order valence-corrected chi connectivity index (χ1v) is 8.02. The van der Waals surface area contributed by atoms with Gasteiger partial charge in [-0.1, -0.05) is 12.1 Å². The number of anilines is 1. The molecule has 0 saturated heterocycles. The fraction of sp³-hybridized carbons (Fsp3) is 0.308. The molecule has 108 valence electrons. The lowest BCUT2D eigenvalue weighted by molar-refractivity contribution is 0.597. The lowest BCUT2D eigenvalue weighted by atomic mass is 10.2. The molecule has 2 rings (SSSR count). The van der Waals surface area contributed by atoms with Gasteiger partial charge in [0, 0.05) is 18.4 Å². The molecule has 0 spiro atoms. The average Bonchev–Trinajstić information content (AvgIpc) is 2.83. The zero-order valence-electron chi connectivity index (χ0n) is 11.3. The summed E-state index contributed by atoms with van der Waals surface area (Å²) in [6.07, 6.45) is 3.62. The van der Waals surface area contributed by atoms with E-state index < -0.39 is 10.0 Å². The summed E-state index contributed by atoms with van der Waals surface area (Å²) >= 11 is 0. The van der Waals surface area contributed by atoms with Crippen molar-refractivity contribution < 1.29 is 8.42 Å². The first-order chi connectivity index (χ1) is 9.48. The number of imidazole rings is 1. The van der Waals surface area contributed by atoms with Gasteiger partial charge in [-0.2, -0.15) is 0 Å². The van der Waals surface area contributed by atoms with Crippen LogP contribution in [0.3, 0.4) is 0 Å². The van der Waals surface area contributed by atoms with Gasteiger partial charge in [-0.05, 0) is 24.6 Å². The molecular weight excluding hydrogens is 276 g/mol. The third-order valence-corrected chi connectivity index (χ3v) is 3.67. The maximum Gasteiger partial charge on any atom is 0.213 e. The summed E-state index contributed by atoms with van der Waals surface area (Å²) < 4.78 is 24.0. The Morgan fingerprint density at radius 1 is 1.30 bits per heavy atom. The van der Waals surface area contributed by atoms with Crippen LogP contribution in [0.1, 0.15) is 18.2 Å². The zero-order chi connectivity index (χ0) is 14.6. The fourth-order valence-corrected chi connectivity index (χ4v) is 2.58. The molecule has 0 radical (unpaired) electrons. The van der Waals surface area contributed by atoms with Gasteiger partial charge in [0.2, 0.25) is 10.0 Å². The highest BCUT2D eigenvalue weighted by molar-refractivity contribution is 7.88. The van der Waals surface area contributed by atoms with E-state index in [4.69, 9.17) is 5.14 Å². The van der Waals surface area contributed by atoms with Gasteiger partial charge in [0.1, 0.15) is 0 Å². The molecule has 1 aromatic carbocycles. The van der Waals surface area contributed by atoms with Crippen molar-refractivity contribution in [2.24, 2.45) is 5.14 Å². The van der Waals surface area contributed by atoms with E-state index in [9.17, 15) is 8.42 Å². The van der Waals surface area contributed by atoms with Crippen LogP contribution in [0.25, 0.3) is 0 Å². The van der Waals surface area contributed by atoms with Crippen LogP contribution in [-0.4, -0.2) is 18.0 Å². The average molecular weight is 294 g/mol. The summed E-state index contributed by atoms with van der Waals surface area (Å²) in [5, 5.41) is 8.28. The van der Waals surface area contributed by atoms with Crippen molar-refractivity contribution in [1.29, 1.82) is 0 Å². The molecule has 0 aliphatic rings. The van der Waals surface area contributed by atoms with Crippen LogP contribution < -0.4 is 10.5 Å². The summed E-state index contributed by atoms with van der Waals surface area (Å²) in [4.78, 5) is 4.10. The van der Waals surface area contributed by atoms with E-state index in [0.717, 1.165) is 17.9 Å². The number of sulfonamides is 1. The van der Waals surface area contributed by atoms with Crippen molar-refractivity contribution in [3.63, 3.8) is 0 Å². The smallest absolute Gasteiger partial charge is 0.213 e. The quantitative estimate of drug-likeness (QED) is 0.840. The largest absolute Gasteiger partial charge is 0.379 e. The van der Waals surface area contributed by atoms with Crippen LogP contribution >= 0.6 is 0 Å². The number of hydrogen-bond acceptors (Lipinski definition) is 4. The Morgan fingerprint density at radius 2 is 2.00 bits per heavy atom. The summed E-state index contributed by atoms with van der Waals surface area (Å²) in [5.41, 5.74) is 2.70. The Balaban J connectivity index is 1.97. The third kappa shape index (κ3) is 4.07. The molecule has 1 heterocycles. The van der Waals surface area contributed by atoms with Crippen LogP contribution in [0.5, 0.6) is 0 Å². The first-order valence-electron chi connectivity index (χ1n) is 6.30. The summed E-state index contributed by atoms with van der Waals surface area (Å²) in [6, 6.07) is 7.19. The Labute approximate surface area is 118 Å². The van der Waals surface area contributed by atoms with Gasteiger partial charge in [-0.3, -0.25) is 0 Å². The van der Waals surface area contributed by atoms with Crippen molar-refractivity contribution in [2.45, 2.75) is 25.8 Å². The number of benzene rings is 1. The Morgan fingerprint density at radius 3 is 2.60 bits per heavy atom. The molecule has 2 aromatic rings. The summed E-state index contributed by atoms with van der Waals surface area (Å²) in [7, 11) is -3.48. The predicted octanol–water partition coefficient (Wildman–Crippen LogP) is 1.30. The molecule has 0 amide bonds. The lowest BCUT2D eigenvalue weighted by Crippen LogP contribution is -2.14. The number of aromatic nitrogens is 2. The van der Waals surface area contributed by atoms with Gasteiger partial charge in [0.25, 0.3) is 0 Å². The standard InChI is InChI=1S/C13H18N4O2S/c1-2-17-10-15-7-13(17)8-16-12-5-3-11(4-6-12)9-20(14,18)19/h3-7,10,16H,2,8-9H2,1H3,(H2,14,18,19). The summed E-state index contributed by atoms with van der Waals surface area (Å²) in [5.74, 6) is -0.143. The van der Waals surface area contributed by atoms with Crippen molar-refractivity contribution in [3.05, 3.63) is 48.0 Å². The van der Waals surface area contributed by atoms with Crippen LogP contribution in [0.15, 0.2) is 36.8 Å². The minimum atomic E-state index is -3.48. The number of hydrogen-bond donors (Lipinski definition) is 2. The molecule has 0 unspecified atom stereocenters. The Kier molecular flexibility index (Phi) is 4.41. The number of rotatable bonds is 6. The van der Waals surface area contributed by atoms with E-state index >= 15 is 0 Å². The summed E-state index contributed by atoms with van der Waals surface area (Å²) in [6.45, 7) is 3.61. The van der Waals surface area contributed by atoms with Crippen LogP contribution in [0.4, 0.5) is 5.69 Å². The van der Waals surface area contributed by atoms with E-state index in [-0.39, 0.29) is 5.75 Å². The molecule has 0 aliphatic carbocycles. The number of nitrogens with two attached hydrogens (primary N) is 1. The van der Waals surface area contributed by atoms with Crippen molar-refractivity contribution in [3.8, 4) is 0 Å². The minimum Gasteiger partial charge on any atom is -0.379 e. The van der Waals surface area contributed by atoms with Gasteiger partial charge >= 0.3 is 0 Å². The van der Waals surface area contributed by atoms with E-state index in [1.807, 2.05) is 18.3 Å². The fourth-order valence-electron chi connectivity index (χ4n) is 1.92. The molecule has 0 atom stereocenters. The van der Waals surface area contributed by atoms with Crippen LogP contribution in [0, 0.1) is 0 Å². The van der Waals surface area contributed by atoms with E-state index in [2.05, 4.69) is 21.8 Å². The molecule has 6 nitrogen and oxygen atoms in total. The third-order valence-electron chi connectivity index (χ3n) is 2.93. The highest BCUT2D eigenvalue weighted by atomic mass is 32.2. The zero-order valence-corrected chi connectivity index (χ0v) is 12.1. The van der Waals surface area contributed by atoms with Crippen molar-refractivity contribution in [2.75, 3.05) is 5.32 Å². The Bertz CT molecular complexity index is 662. The maximum absolute atomic E-state index is 11.0. The molecule has 1 aromatic heterocycles. The Hall–Kier alpha value is -1.86. The van der Waals surface area contributed by atoms with Gasteiger partial charge in [-0.15, -0.1) is 0 Å². The lowest BCUT2D eigenvalue weighted by Gasteiger charge is -2.09. The van der Waals surface area contributed by atoms with Crippen molar-refractivity contribution in [1.82, 2.24) is 9.55 Å². The van der Waals surface area contributed by atoms with Crippen LogP contribution in [0.2, 0.25) is 0 Å². The molecule has 0 bridgehead atoms. The molecule has 3 N–H and O–H groups in total. The molecular formula is C13H18N4O2S. The number of aryl methyl sites for hydroxylation is 1. The SMILES string of the molecule is CCn1cncc1CNc1ccc(CS(N)(=O)=O)cc1. The van der Waals surface area contributed by atoms with E-state index in [1.165, 1.54) is 0 Å². The topological polar surface area (TPSA) is 90.0 Å². The van der Waals surface area contributed by atoms with Crippen LogP contribution in [-0.2, 0) is 28.9 Å². The number of primary sulfonamides is 1. The number of nitrogens with zero attached hydrogens (tertiary/aromatic N) is 2. The predicted molar refractivity (Wildman–Crippen MR) is 78.5 cm³/mol. The van der Waals surface area contributed by atoms with Gasteiger partial charge < -0.3 is 9.88 Å². The van der Waals surface area contributed by atoms with Gasteiger partial charge in [-0.25, -0.2) is 18.5 Å². The van der Waals surface area contributed by atoms with Gasteiger partial charge in [0.05, 0.1) is 24.3 Å². The van der Waals surface area contributed by atoms with E-state index in [1.54, 1.807) is 18.5 Å². The van der Waals surface area contributed by atoms with E-state index in [0.29, 0.717) is 12.1 Å². The number of nitrogens with one attached hydrogen (secondary N) is 1. The normalized spacial score (nSPS) is 11.5. The highest BCUT2D eigenvalue weighted by Gasteiger charge is 2.05. The minimum absolute atomic E-state index is 0.143. The first kappa shape index (κ1) is 14.5. The van der Waals surface area contributed by atoms with Crippen molar-refractivity contribution >= 4 is 15.7 Å². The molecule has 0 saturated carbocycles. The monoisotopic (exact) mass is 294 g/mol. The molecule has 7 heteroatoms. The maximum atomic E-state index is 11.0. The molecule has 0 aliphatic heterocycles.